The van der Waals surface area contributed by atoms with E-state index >= 15 is 0 Å². The second-order valence-electron chi connectivity index (χ2n) is 5.25. The van der Waals surface area contributed by atoms with Gasteiger partial charge in [0.15, 0.2) is 0 Å². The molecule has 6 heteroatoms. The first kappa shape index (κ1) is 16.4. The van der Waals surface area contributed by atoms with Crippen LogP contribution in [0, 0.1) is 0 Å². The number of carbonyl (C=O) groups is 2. The van der Waals surface area contributed by atoms with E-state index in [0.717, 1.165) is 11.8 Å². The summed E-state index contributed by atoms with van der Waals surface area (Å²) in [6.45, 7) is 3.56. The summed E-state index contributed by atoms with van der Waals surface area (Å²) in [6, 6.07) is 12.6. The van der Waals surface area contributed by atoms with Gasteiger partial charge >= 0.3 is 12.1 Å². The molecule has 1 aromatic carbocycles. The quantitative estimate of drug-likeness (QED) is 0.476. The highest BCUT2D eigenvalue weighted by molar-refractivity contribution is 5.95. The van der Waals surface area contributed by atoms with E-state index in [1.54, 1.807) is 24.5 Å². The topological polar surface area (TPSA) is 68.7 Å². The third-order valence-electron chi connectivity index (χ3n) is 3.73. The zero-order valence-electron chi connectivity index (χ0n) is 13.4. The van der Waals surface area contributed by atoms with E-state index in [1.165, 1.54) is 11.0 Å². The molecule has 1 aliphatic rings. The molecule has 126 valence electrons. The molecule has 1 aromatic heterocycles. The molecule has 2 heterocycles. The maximum absolute atomic E-state index is 12.4. The molecule has 1 saturated heterocycles. The van der Waals surface area contributed by atoms with E-state index in [1.807, 2.05) is 30.3 Å². The largest absolute Gasteiger partial charge is 0.447 e. The van der Waals surface area contributed by atoms with Gasteiger partial charge < -0.3 is 9.47 Å². The molecule has 0 unspecified atom stereocenters. The van der Waals surface area contributed by atoms with Crippen molar-refractivity contribution in [3.05, 3.63) is 84.9 Å². The average molecular weight is 336 g/mol. The zero-order chi connectivity index (χ0) is 17.6. The molecule has 6 nitrogen and oxygen atoms in total. The molecule has 0 radical (unpaired) electrons. The highest BCUT2D eigenvalue weighted by atomic mass is 16.6. The Labute approximate surface area is 145 Å². The van der Waals surface area contributed by atoms with Gasteiger partial charge in [-0.3, -0.25) is 9.88 Å². The van der Waals surface area contributed by atoms with Gasteiger partial charge in [0, 0.05) is 24.0 Å². The number of ether oxygens (including phenoxy) is 2. The van der Waals surface area contributed by atoms with Crippen molar-refractivity contribution in [3.63, 3.8) is 0 Å². The number of cyclic esters (lactones) is 1. The van der Waals surface area contributed by atoms with Crippen LogP contribution in [0.3, 0.4) is 0 Å². The minimum Gasteiger partial charge on any atom is -0.447 e. The van der Waals surface area contributed by atoms with Crippen molar-refractivity contribution < 1.29 is 19.1 Å². The van der Waals surface area contributed by atoms with Gasteiger partial charge in [-0.05, 0) is 17.7 Å². The molecule has 3 rings (SSSR count). The molecular formula is C19H16N2O4. The Hall–Kier alpha value is -3.41. The Morgan fingerprint density at radius 2 is 2.08 bits per heavy atom. The highest BCUT2D eigenvalue weighted by Crippen LogP contribution is 2.35. The number of benzene rings is 1. The van der Waals surface area contributed by atoms with Crippen LogP contribution in [0.15, 0.2) is 73.8 Å². The van der Waals surface area contributed by atoms with Gasteiger partial charge in [-0.15, -0.1) is 0 Å². The predicted octanol–water partition coefficient (Wildman–Crippen LogP) is 3.30. The SMILES string of the molecule is C=COC(=O)C=C(c1cccnc1)N1C(=O)OC[C@H]1c1ccccc1. The third-order valence-corrected chi connectivity index (χ3v) is 3.73. The molecule has 2 aromatic rings. The lowest BCUT2D eigenvalue weighted by Crippen LogP contribution is -2.27. The van der Waals surface area contributed by atoms with E-state index in [0.29, 0.717) is 11.3 Å². The summed E-state index contributed by atoms with van der Waals surface area (Å²) in [5.74, 6) is -0.639. The summed E-state index contributed by atoms with van der Waals surface area (Å²) in [7, 11) is 0. The van der Waals surface area contributed by atoms with Gasteiger partial charge in [-0.1, -0.05) is 36.9 Å². The van der Waals surface area contributed by atoms with E-state index in [2.05, 4.69) is 11.6 Å². The third kappa shape index (κ3) is 3.58. The van der Waals surface area contributed by atoms with Crippen LogP contribution in [-0.2, 0) is 14.3 Å². The molecule has 1 amide bonds. The average Bonchev–Trinajstić information content (AvgIpc) is 3.03. The Kier molecular flexibility index (Phi) is 4.89. The second kappa shape index (κ2) is 7.44. The van der Waals surface area contributed by atoms with Crippen molar-refractivity contribution in [2.75, 3.05) is 6.61 Å². The highest BCUT2D eigenvalue weighted by Gasteiger charge is 2.37. The number of amides is 1. The summed E-state index contributed by atoms with van der Waals surface area (Å²) in [4.78, 5) is 29.8. The molecule has 25 heavy (non-hydrogen) atoms. The first-order chi connectivity index (χ1) is 12.2. The van der Waals surface area contributed by atoms with Crippen LogP contribution in [-0.4, -0.2) is 28.6 Å². The van der Waals surface area contributed by atoms with Crippen LogP contribution in [0.1, 0.15) is 17.2 Å². The van der Waals surface area contributed by atoms with Crippen molar-refractivity contribution in [2.45, 2.75) is 6.04 Å². The predicted molar refractivity (Wildman–Crippen MR) is 90.9 cm³/mol. The van der Waals surface area contributed by atoms with Crippen LogP contribution in [0.4, 0.5) is 4.79 Å². The number of esters is 1. The van der Waals surface area contributed by atoms with Crippen molar-refractivity contribution in [1.29, 1.82) is 0 Å². The van der Waals surface area contributed by atoms with E-state index in [4.69, 9.17) is 9.47 Å². The van der Waals surface area contributed by atoms with Crippen molar-refractivity contribution in [2.24, 2.45) is 0 Å². The Morgan fingerprint density at radius 1 is 1.28 bits per heavy atom. The summed E-state index contributed by atoms with van der Waals surface area (Å²) < 4.78 is 10.0. The first-order valence-electron chi connectivity index (χ1n) is 7.65. The zero-order valence-corrected chi connectivity index (χ0v) is 13.4. The lowest BCUT2D eigenvalue weighted by molar-refractivity contribution is -0.132. The van der Waals surface area contributed by atoms with Crippen LogP contribution in [0.25, 0.3) is 5.70 Å². The normalized spacial score (nSPS) is 17.1. The summed E-state index contributed by atoms with van der Waals surface area (Å²) in [6.07, 6.45) is 4.93. The van der Waals surface area contributed by atoms with Crippen LogP contribution in [0.5, 0.6) is 0 Å². The Balaban J connectivity index is 2.05. The fraction of sp³-hybridized carbons (Fsp3) is 0.105. The summed E-state index contributed by atoms with van der Waals surface area (Å²) in [5, 5.41) is 0. The van der Waals surface area contributed by atoms with Gasteiger partial charge in [0.2, 0.25) is 0 Å². The standard InChI is InChI=1S/C19H16N2O4/c1-2-24-18(22)11-16(15-9-6-10-20-12-15)21-17(13-25-19(21)23)14-7-4-3-5-8-14/h2-12,17H,1,13H2/t17-/m0/s1. The molecule has 1 aliphatic heterocycles. The fourth-order valence-corrected chi connectivity index (χ4v) is 2.64. The lowest BCUT2D eigenvalue weighted by atomic mass is 10.0. The van der Waals surface area contributed by atoms with Crippen molar-refractivity contribution in [3.8, 4) is 0 Å². The number of nitrogens with zero attached hydrogens (tertiary/aromatic N) is 2. The van der Waals surface area contributed by atoms with Crippen molar-refractivity contribution in [1.82, 2.24) is 9.88 Å². The molecular weight excluding hydrogens is 320 g/mol. The number of hydrogen-bond donors (Lipinski definition) is 0. The van der Waals surface area contributed by atoms with Gasteiger partial charge in [0.25, 0.3) is 0 Å². The summed E-state index contributed by atoms with van der Waals surface area (Å²) >= 11 is 0. The Morgan fingerprint density at radius 3 is 2.76 bits per heavy atom. The Bertz CT molecular complexity index is 803. The summed E-state index contributed by atoms with van der Waals surface area (Å²) in [5.41, 5.74) is 1.86. The maximum Gasteiger partial charge on any atom is 0.415 e. The molecule has 1 atom stereocenters. The van der Waals surface area contributed by atoms with Crippen LogP contribution < -0.4 is 0 Å². The van der Waals surface area contributed by atoms with Crippen molar-refractivity contribution >= 4 is 17.8 Å². The molecule has 0 saturated carbocycles. The minimum atomic E-state index is -0.639. The van der Waals surface area contributed by atoms with E-state index in [9.17, 15) is 9.59 Å². The van der Waals surface area contributed by atoms with Crippen LogP contribution >= 0.6 is 0 Å². The second-order valence-corrected chi connectivity index (χ2v) is 5.25. The molecule has 0 spiro atoms. The van der Waals surface area contributed by atoms with Gasteiger partial charge in [0.05, 0.1) is 18.0 Å². The van der Waals surface area contributed by atoms with E-state index in [-0.39, 0.29) is 12.6 Å². The molecule has 0 N–H and O–H groups in total. The van der Waals surface area contributed by atoms with Gasteiger partial charge in [0.1, 0.15) is 6.61 Å². The van der Waals surface area contributed by atoms with Gasteiger partial charge in [-0.25, -0.2) is 9.59 Å². The molecule has 0 bridgehead atoms. The number of rotatable bonds is 5. The number of pyridine rings is 1. The monoisotopic (exact) mass is 336 g/mol. The maximum atomic E-state index is 12.4. The number of aromatic nitrogens is 1. The smallest absolute Gasteiger partial charge is 0.415 e. The first-order valence-corrected chi connectivity index (χ1v) is 7.65. The number of hydrogen-bond acceptors (Lipinski definition) is 5. The molecule has 1 fully saturated rings. The lowest BCUT2D eigenvalue weighted by Gasteiger charge is -2.24. The van der Waals surface area contributed by atoms with E-state index < -0.39 is 12.1 Å². The minimum absolute atomic E-state index is 0.191. The fourth-order valence-electron chi connectivity index (χ4n) is 2.64. The number of carbonyl (C=O) groups excluding carboxylic acids is 2. The van der Waals surface area contributed by atoms with Gasteiger partial charge in [-0.2, -0.15) is 0 Å². The molecule has 0 aliphatic carbocycles. The van der Waals surface area contributed by atoms with Crippen LogP contribution in [0.2, 0.25) is 0 Å².